The Morgan fingerprint density at radius 3 is 2.55 bits per heavy atom. The van der Waals surface area contributed by atoms with Crippen LogP contribution in [0.4, 0.5) is 5.69 Å². The Labute approximate surface area is 65.4 Å². The van der Waals surface area contributed by atoms with E-state index in [9.17, 15) is 5.11 Å². The van der Waals surface area contributed by atoms with Crippen LogP contribution < -0.4 is 10.5 Å². The van der Waals surface area contributed by atoms with Gasteiger partial charge in [0, 0.05) is 0 Å². The number of hydrogen-bond donors (Lipinski definition) is 2. The number of hydrogen-bond acceptors (Lipinski definition) is 3. The van der Waals surface area contributed by atoms with Crippen LogP contribution in [0.15, 0.2) is 12.1 Å². The van der Waals surface area contributed by atoms with E-state index in [2.05, 4.69) is 0 Å². The van der Waals surface area contributed by atoms with E-state index in [1.165, 1.54) is 7.11 Å². The van der Waals surface area contributed by atoms with Crippen LogP contribution in [0.25, 0.3) is 0 Å². The van der Waals surface area contributed by atoms with Gasteiger partial charge in [-0.25, -0.2) is 0 Å². The summed E-state index contributed by atoms with van der Waals surface area (Å²) in [5, 5.41) is 9.21. The van der Waals surface area contributed by atoms with Gasteiger partial charge in [0.25, 0.3) is 0 Å². The predicted octanol–water partition coefficient (Wildman–Crippen LogP) is 1.29. The van der Waals surface area contributed by atoms with Crippen LogP contribution in [0.2, 0.25) is 0 Å². The average Bonchev–Trinajstić information content (AvgIpc) is 1.99. The third-order valence-electron chi connectivity index (χ3n) is 1.60. The van der Waals surface area contributed by atoms with Gasteiger partial charge in [-0.2, -0.15) is 0 Å². The Morgan fingerprint density at radius 1 is 1.45 bits per heavy atom. The van der Waals surface area contributed by atoms with Gasteiger partial charge < -0.3 is 15.6 Å². The number of anilines is 1. The first-order valence-electron chi connectivity index (χ1n) is 3.29. The summed E-state index contributed by atoms with van der Waals surface area (Å²) < 4.78 is 4.88. The molecule has 3 nitrogen and oxygen atoms in total. The van der Waals surface area contributed by atoms with Crippen molar-refractivity contribution in [3.05, 3.63) is 17.7 Å². The first-order valence-corrected chi connectivity index (χ1v) is 3.29. The molecule has 0 unspecified atom stereocenters. The molecule has 0 aliphatic carbocycles. The highest BCUT2D eigenvalue weighted by Crippen LogP contribution is 2.33. The Balaban J connectivity index is 3.29. The summed E-state index contributed by atoms with van der Waals surface area (Å²) in [6.45, 7) is 1.86. The number of aryl methyl sites for hydroxylation is 1. The summed E-state index contributed by atoms with van der Waals surface area (Å²) in [5.74, 6) is 0.431. The molecule has 0 bridgehead atoms. The molecular weight excluding hydrogens is 142 g/mol. The molecule has 0 saturated carbocycles. The van der Waals surface area contributed by atoms with E-state index < -0.39 is 0 Å². The number of ether oxygens (including phenoxy) is 1. The molecular formula is C8H11NO2. The van der Waals surface area contributed by atoms with E-state index >= 15 is 0 Å². The van der Waals surface area contributed by atoms with Crippen molar-refractivity contribution >= 4 is 5.69 Å². The highest BCUT2D eigenvalue weighted by Gasteiger charge is 2.06. The Hall–Kier alpha value is -1.38. The van der Waals surface area contributed by atoms with Crippen molar-refractivity contribution < 1.29 is 9.84 Å². The zero-order chi connectivity index (χ0) is 8.43. The number of aromatic hydroxyl groups is 1. The van der Waals surface area contributed by atoms with Gasteiger partial charge >= 0.3 is 0 Å². The Kier molecular flexibility index (Phi) is 1.89. The van der Waals surface area contributed by atoms with Crippen molar-refractivity contribution in [2.45, 2.75) is 6.92 Å². The minimum absolute atomic E-state index is 0.0793. The van der Waals surface area contributed by atoms with Gasteiger partial charge in [0.1, 0.15) is 0 Å². The molecule has 11 heavy (non-hydrogen) atoms. The molecule has 3 heteroatoms. The summed E-state index contributed by atoms with van der Waals surface area (Å²) in [7, 11) is 1.48. The maximum absolute atomic E-state index is 9.21. The second-order valence-electron chi connectivity index (χ2n) is 2.35. The third-order valence-corrected chi connectivity index (χ3v) is 1.60. The normalized spacial score (nSPS) is 9.64. The number of phenols is 1. The zero-order valence-corrected chi connectivity index (χ0v) is 6.59. The fourth-order valence-electron chi connectivity index (χ4n) is 0.901. The van der Waals surface area contributed by atoms with Crippen molar-refractivity contribution in [3.8, 4) is 11.5 Å². The summed E-state index contributed by atoms with van der Waals surface area (Å²) >= 11 is 0. The molecule has 1 rings (SSSR count). The first-order chi connectivity index (χ1) is 5.16. The van der Waals surface area contributed by atoms with Gasteiger partial charge in [-0.1, -0.05) is 6.07 Å². The molecule has 1 aromatic rings. The standard InChI is InChI=1S/C8H11NO2/c1-5-3-4-6(10)8(11-2)7(5)9/h3-4,10H,9H2,1-2H3. The maximum atomic E-state index is 9.21. The largest absolute Gasteiger partial charge is 0.504 e. The molecule has 0 spiro atoms. The van der Waals surface area contributed by atoms with Crippen LogP contribution in [0, 0.1) is 6.92 Å². The Bertz CT molecular complexity index is 271. The van der Waals surface area contributed by atoms with E-state index in [-0.39, 0.29) is 5.75 Å². The van der Waals surface area contributed by atoms with Crippen molar-refractivity contribution in [1.29, 1.82) is 0 Å². The van der Waals surface area contributed by atoms with Crippen LogP contribution in [0.5, 0.6) is 11.5 Å². The summed E-state index contributed by atoms with van der Waals surface area (Å²) in [4.78, 5) is 0. The van der Waals surface area contributed by atoms with Crippen molar-refractivity contribution in [1.82, 2.24) is 0 Å². The zero-order valence-electron chi connectivity index (χ0n) is 6.59. The highest BCUT2D eigenvalue weighted by molar-refractivity contribution is 5.63. The van der Waals surface area contributed by atoms with Crippen LogP contribution in [0.3, 0.4) is 0 Å². The second-order valence-corrected chi connectivity index (χ2v) is 2.35. The van der Waals surface area contributed by atoms with Gasteiger partial charge in [0.2, 0.25) is 0 Å². The smallest absolute Gasteiger partial charge is 0.183 e. The van der Waals surface area contributed by atoms with Gasteiger partial charge in [0.15, 0.2) is 11.5 Å². The topological polar surface area (TPSA) is 55.5 Å². The van der Waals surface area contributed by atoms with Gasteiger partial charge in [-0.3, -0.25) is 0 Å². The fourth-order valence-corrected chi connectivity index (χ4v) is 0.901. The molecule has 0 aliphatic heterocycles. The van der Waals surface area contributed by atoms with E-state index in [1.807, 2.05) is 6.92 Å². The van der Waals surface area contributed by atoms with Gasteiger partial charge in [-0.15, -0.1) is 0 Å². The van der Waals surface area contributed by atoms with Gasteiger partial charge in [-0.05, 0) is 18.6 Å². The number of nitrogen functional groups attached to an aromatic ring is 1. The quantitative estimate of drug-likeness (QED) is 0.598. The third kappa shape index (κ3) is 1.22. The molecule has 0 amide bonds. The van der Waals surface area contributed by atoms with Crippen molar-refractivity contribution in [2.24, 2.45) is 0 Å². The molecule has 0 fully saturated rings. The molecule has 0 atom stereocenters. The monoisotopic (exact) mass is 153 g/mol. The number of benzene rings is 1. The minimum atomic E-state index is 0.0793. The molecule has 0 saturated heterocycles. The molecule has 0 radical (unpaired) electrons. The lowest BCUT2D eigenvalue weighted by Crippen LogP contribution is -1.94. The predicted molar refractivity (Wildman–Crippen MR) is 43.8 cm³/mol. The molecule has 1 aromatic carbocycles. The van der Waals surface area contributed by atoms with Crippen LogP contribution >= 0.6 is 0 Å². The summed E-state index contributed by atoms with van der Waals surface area (Å²) in [6.07, 6.45) is 0. The lowest BCUT2D eigenvalue weighted by Gasteiger charge is -2.07. The number of rotatable bonds is 1. The molecule has 0 aliphatic rings. The number of methoxy groups -OCH3 is 1. The first kappa shape index (κ1) is 7.72. The SMILES string of the molecule is COc1c(O)ccc(C)c1N. The van der Waals surface area contributed by atoms with E-state index in [0.717, 1.165) is 5.56 Å². The molecule has 0 aromatic heterocycles. The average molecular weight is 153 g/mol. The van der Waals surface area contributed by atoms with E-state index in [4.69, 9.17) is 10.5 Å². The second kappa shape index (κ2) is 2.70. The summed E-state index contributed by atoms with van der Waals surface area (Å²) in [5.41, 5.74) is 7.00. The number of phenolic OH excluding ortho intramolecular Hbond substituents is 1. The molecule has 0 heterocycles. The van der Waals surface area contributed by atoms with Crippen molar-refractivity contribution in [2.75, 3.05) is 12.8 Å². The van der Waals surface area contributed by atoms with Crippen LogP contribution in [0.1, 0.15) is 5.56 Å². The van der Waals surface area contributed by atoms with Crippen LogP contribution in [-0.2, 0) is 0 Å². The summed E-state index contributed by atoms with van der Waals surface area (Å²) in [6, 6.07) is 3.30. The minimum Gasteiger partial charge on any atom is -0.504 e. The fraction of sp³-hybridized carbons (Fsp3) is 0.250. The van der Waals surface area contributed by atoms with E-state index in [1.54, 1.807) is 12.1 Å². The van der Waals surface area contributed by atoms with Crippen molar-refractivity contribution in [3.63, 3.8) is 0 Å². The van der Waals surface area contributed by atoms with E-state index in [0.29, 0.717) is 11.4 Å². The Morgan fingerprint density at radius 2 is 2.09 bits per heavy atom. The maximum Gasteiger partial charge on any atom is 0.183 e. The lowest BCUT2D eigenvalue weighted by atomic mass is 10.2. The van der Waals surface area contributed by atoms with Crippen LogP contribution in [-0.4, -0.2) is 12.2 Å². The molecule has 3 N–H and O–H groups in total. The molecule has 60 valence electrons. The number of nitrogens with two attached hydrogens (primary N) is 1. The van der Waals surface area contributed by atoms with Gasteiger partial charge in [0.05, 0.1) is 12.8 Å². The highest BCUT2D eigenvalue weighted by atomic mass is 16.5. The lowest BCUT2D eigenvalue weighted by molar-refractivity contribution is 0.375.